The van der Waals surface area contributed by atoms with Crippen LogP contribution in [-0.4, -0.2) is 23.3 Å². The first kappa shape index (κ1) is 11.4. The Morgan fingerprint density at radius 1 is 1.53 bits per heavy atom. The van der Waals surface area contributed by atoms with E-state index in [4.69, 9.17) is 4.74 Å². The molecular weight excluding hydrogens is 192 g/mol. The highest BCUT2D eigenvalue weighted by atomic mass is 16.5. The molecule has 0 saturated carbocycles. The summed E-state index contributed by atoms with van der Waals surface area (Å²) in [6.07, 6.45) is 1.88. The highest BCUT2D eigenvalue weighted by Crippen LogP contribution is 2.06. The summed E-state index contributed by atoms with van der Waals surface area (Å²) in [6.45, 7) is 3.96. The maximum atomic E-state index is 11.1. The summed E-state index contributed by atoms with van der Waals surface area (Å²) in [7, 11) is 0. The minimum absolute atomic E-state index is 0.213. The van der Waals surface area contributed by atoms with Gasteiger partial charge in [0.25, 0.3) is 0 Å². The third kappa shape index (κ3) is 4.35. The van der Waals surface area contributed by atoms with Gasteiger partial charge in [0.15, 0.2) is 5.82 Å². The Kier molecular flexibility index (Phi) is 4.47. The Hall–Kier alpha value is -1.71. The minimum atomic E-state index is -0.255. The zero-order chi connectivity index (χ0) is 11.1. The minimum Gasteiger partial charge on any atom is -0.466 e. The van der Waals surface area contributed by atoms with Crippen LogP contribution in [0.2, 0.25) is 0 Å². The first-order valence-corrected chi connectivity index (χ1v) is 4.83. The molecular formula is C11H14N2O2. The van der Waals surface area contributed by atoms with Crippen molar-refractivity contribution in [2.45, 2.75) is 20.3 Å². The number of rotatable bonds is 4. The molecule has 0 unspecified atom stereocenters. The van der Waals surface area contributed by atoms with Crippen LogP contribution in [0.4, 0.5) is 5.82 Å². The average molecular weight is 206 g/mol. The zero-order valence-corrected chi connectivity index (χ0v) is 8.93. The van der Waals surface area contributed by atoms with Gasteiger partial charge in [-0.05, 0) is 26.0 Å². The molecule has 0 N–H and O–H groups in total. The van der Waals surface area contributed by atoms with Crippen LogP contribution in [0.5, 0.6) is 0 Å². The van der Waals surface area contributed by atoms with E-state index in [9.17, 15) is 4.79 Å². The molecule has 0 aliphatic rings. The Labute approximate surface area is 89.0 Å². The molecule has 0 spiro atoms. The van der Waals surface area contributed by atoms with Crippen molar-refractivity contribution >= 4 is 17.5 Å². The predicted octanol–water partition coefficient (Wildman–Crippen LogP) is 2.13. The number of aromatic nitrogens is 1. The first-order chi connectivity index (χ1) is 7.22. The number of aliphatic imine (C=N–C) groups is 1. The van der Waals surface area contributed by atoms with E-state index >= 15 is 0 Å². The van der Waals surface area contributed by atoms with E-state index in [1.807, 2.05) is 12.1 Å². The van der Waals surface area contributed by atoms with Gasteiger partial charge in [0.2, 0.25) is 0 Å². The lowest BCUT2D eigenvalue weighted by Crippen LogP contribution is -2.08. The van der Waals surface area contributed by atoms with Crippen molar-refractivity contribution in [2.75, 3.05) is 6.61 Å². The average Bonchev–Trinajstić information content (AvgIpc) is 2.19. The molecule has 0 aliphatic heterocycles. The number of nitrogens with zero attached hydrogens (tertiary/aromatic N) is 2. The van der Waals surface area contributed by atoms with E-state index in [-0.39, 0.29) is 12.4 Å². The Bertz CT molecular complexity index is 347. The van der Waals surface area contributed by atoms with Crippen LogP contribution < -0.4 is 0 Å². The van der Waals surface area contributed by atoms with Gasteiger partial charge in [-0.2, -0.15) is 0 Å². The summed E-state index contributed by atoms with van der Waals surface area (Å²) in [5.74, 6) is 0.356. The molecule has 0 aromatic carbocycles. The third-order valence-corrected chi connectivity index (χ3v) is 1.66. The van der Waals surface area contributed by atoms with E-state index in [0.29, 0.717) is 18.1 Å². The van der Waals surface area contributed by atoms with Gasteiger partial charge in [0.05, 0.1) is 13.0 Å². The summed E-state index contributed by atoms with van der Waals surface area (Å²) in [5.41, 5.74) is 0.701. The lowest BCUT2D eigenvalue weighted by molar-refractivity contribution is -0.141. The summed E-state index contributed by atoms with van der Waals surface area (Å²) < 4.78 is 4.81. The molecule has 1 rings (SSSR count). The fourth-order valence-corrected chi connectivity index (χ4v) is 1.08. The maximum Gasteiger partial charge on any atom is 0.311 e. The van der Waals surface area contributed by atoms with Crippen molar-refractivity contribution in [3.63, 3.8) is 0 Å². The van der Waals surface area contributed by atoms with E-state index in [2.05, 4.69) is 9.98 Å². The molecule has 4 nitrogen and oxygen atoms in total. The quantitative estimate of drug-likeness (QED) is 0.560. The van der Waals surface area contributed by atoms with Crippen molar-refractivity contribution in [2.24, 2.45) is 4.99 Å². The summed E-state index contributed by atoms with van der Waals surface area (Å²) in [5, 5.41) is 0. The molecule has 0 fully saturated rings. The molecule has 80 valence electrons. The van der Waals surface area contributed by atoms with E-state index < -0.39 is 0 Å². The van der Waals surface area contributed by atoms with Crippen molar-refractivity contribution < 1.29 is 9.53 Å². The predicted molar refractivity (Wildman–Crippen MR) is 58.3 cm³/mol. The second-order valence-corrected chi connectivity index (χ2v) is 3.02. The third-order valence-electron chi connectivity index (χ3n) is 1.66. The number of carbonyl (C=O) groups is 1. The van der Waals surface area contributed by atoms with Crippen molar-refractivity contribution in [1.29, 1.82) is 0 Å². The molecule has 1 aromatic rings. The molecule has 0 saturated heterocycles. The number of carbonyl (C=O) groups excluding carboxylic acids is 1. The zero-order valence-electron chi connectivity index (χ0n) is 8.93. The van der Waals surface area contributed by atoms with Crippen LogP contribution in [-0.2, 0) is 9.53 Å². The van der Waals surface area contributed by atoms with Gasteiger partial charge >= 0.3 is 5.97 Å². The van der Waals surface area contributed by atoms with Gasteiger partial charge in [0, 0.05) is 11.9 Å². The number of esters is 1. The lowest BCUT2D eigenvalue weighted by Gasteiger charge is -2.00. The largest absolute Gasteiger partial charge is 0.466 e. The summed E-state index contributed by atoms with van der Waals surface area (Å²) in [4.78, 5) is 19.3. The van der Waals surface area contributed by atoms with E-state index in [1.165, 1.54) is 0 Å². The number of ether oxygens (including phenoxy) is 1. The molecule has 1 aromatic heterocycles. The lowest BCUT2D eigenvalue weighted by atomic mass is 10.3. The van der Waals surface area contributed by atoms with Crippen LogP contribution >= 0.6 is 0 Å². The highest BCUT2D eigenvalue weighted by Gasteiger charge is 2.03. The van der Waals surface area contributed by atoms with Crippen LogP contribution in [0.1, 0.15) is 20.3 Å². The Morgan fingerprint density at radius 2 is 2.33 bits per heavy atom. The standard InChI is InChI=1S/C11H14N2O2/c1-3-15-11(14)8-9(2)13-10-6-4-5-7-12-10/h4-7H,3,8H2,1-2H3. The first-order valence-electron chi connectivity index (χ1n) is 4.83. The maximum absolute atomic E-state index is 11.1. The smallest absolute Gasteiger partial charge is 0.311 e. The number of pyridine rings is 1. The van der Waals surface area contributed by atoms with Crippen LogP contribution in [0.15, 0.2) is 29.4 Å². The van der Waals surface area contributed by atoms with E-state index in [1.54, 1.807) is 26.1 Å². The SMILES string of the molecule is CCOC(=O)CC(C)=Nc1ccccn1. The molecule has 0 aliphatic carbocycles. The number of hydrogen-bond donors (Lipinski definition) is 0. The topological polar surface area (TPSA) is 51.5 Å². The fourth-order valence-electron chi connectivity index (χ4n) is 1.08. The molecule has 0 atom stereocenters. The van der Waals surface area contributed by atoms with Gasteiger partial charge in [-0.25, -0.2) is 9.98 Å². The van der Waals surface area contributed by atoms with Gasteiger partial charge in [-0.3, -0.25) is 4.79 Å². The van der Waals surface area contributed by atoms with E-state index in [0.717, 1.165) is 0 Å². The molecule has 1 heterocycles. The summed E-state index contributed by atoms with van der Waals surface area (Å²) in [6, 6.07) is 5.46. The monoisotopic (exact) mass is 206 g/mol. The van der Waals surface area contributed by atoms with Crippen molar-refractivity contribution in [3.05, 3.63) is 24.4 Å². The van der Waals surface area contributed by atoms with Crippen molar-refractivity contribution in [1.82, 2.24) is 4.98 Å². The molecule has 0 bridgehead atoms. The van der Waals surface area contributed by atoms with Gasteiger partial charge in [-0.15, -0.1) is 0 Å². The molecule has 15 heavy (non-hydrogen) atoms. The van der Waals surface area contributed by atoms with Crippen LogP contribution in [0.3, 0.4) is 0 Å². The fraction of sp³-hybridized carbons (Fsp3) is 0.364. The highest BCUT2D eigenvalue weighted by molar-refractivity contribution is 5.98. The van der Waals surface area contributed by atoms with Gasteiger partial charge < -0.3 is 4.74 Å². The Balaban J connectivity index is 2.57. The Morgan fingerprint density at radius 3 is 2.93 bits per heavy atom. The van der Waals surface area contributed by atoms with Crippen LogP contribution in [0, 0.1) is 0 Å². The van der Waals surface area contributed by atoms with Gasteiger partial charge in [-0.1, -0.05) is 6.07 Å². The molecule has 4 heteroatoms. The normalized spacial score (nSPS) is 11.2. The summed E-state index contributed by atoms with van der Waals surface area (Å²) >= 11 is 0. The van der Waals surface area contributed by atoms with Gasteiger partial charge in [0.1, 0.15) is 0 Å². The number of hydrogen-bond acceptors (Lipinski definition) is 4. The second-order valence-electron chi connectivity index (χ2n) is 3.02. The van der Waals surface area contributed by atoms with Crippen molar-refractivity contribution in [3.8, 4) is 0 Å². The van der Waals surface area contributed by atoms with Crippen LogP contribution in [0.25, 0.3) is 0 Å². The molecule has 0 amide bonds. The molecule has 0 radical (unpaired) electrons. The second kappa shape index (κ2) is 5.90.